The van der Waals surface area contributed by atoms with E-state index >= 15 is 0 Å². The Balaban J connectivity index is 1.78. The third-order valence-electron chi connectivity index (χ3n) is 8.38. The molecule has 4 aliphatic rings. The zero-order chi connectivity index (χ0) is 17.3. The second-order valence-electron chi connectivity index (χ2n) is 9.42. The molecule has 0 heterocycles. The van der Waals surface area contributed by atoms with Crippen LogP contribution in [-0.2, 0) is 14.4 Å². The van der Waals surface area contributed by atoms with Gasteiger partial charge in [0.2, 0.25) is 0 Å². The molecule has 0 bridgehead atoms. The Hall–Kier alpha value is -1.19. The quantitative estimate of drug-likeness (QED) is 0.798. The van der Waals surface area contributed by atoms with Crippen molar-refractivity contribution in [3.8, 4) is 0 Å². The van der Waals surface area contributed by atoms with E-state index in [-0.39, 0.29) is 35.2 Å². The topological polar surface area (TPSA) is 71.4 Å². The second kappa shape index (κ2) is 5.15. The van der Waals surface area contributed by atoms with E-state index in [1.165, 1.54) is 12.8 Å². The predicted molar refractivity (Wildman–Crippen MR) is 88.2 cm³/mol. The van der Waals surface area contributed by atoms with Crippen molar-refractivity contribution in [2.45, 2.75) is 65.2 Å². The van der Waals surface area contributed by atoms with Gasteiger partial charge in [0.25, 0.3) is 0 Å². The molecule has 0 amide bonds. The van der Waals surface area contributed by atoms with Crippen molar-refractivity contribution in [3.05, 3.63) is 0 Å². The third-order valence-corrected chi connectivity index (χ3v) is 8.38. The number of hydrogen-bond acceptors (Lipinski definition) is 3. The molecule has 1 N–H and O–H groups in total. The van der Waals surface area contributed by atoms with Gasteiger partial charge < -0.3 is 5.11 Å². The normalized spacial score (nSPS) is 50.8. The Morgan fingerprint density at radius 1 is 1.12 bits per heavy atom. The molecular weight excluding hydrogens is 304 g/mol. The zero-order valence-electron chi connectivity index (χ0n) is 14.7. The first-order chi connectivity index (χ1) is 11.3. The van der Waals surface area contributed by atoms with Crippen LogP contribution >= 0.6 is 0 Å². The van der Waals surface area contributed by atoms with Gasteiger partial charge in [0, 0.05) is 25.2 Å². The SMILES string of the molecule is C[C@@]12CCC[C@H]1[C@@H]1CCC3CC(=O)CC(C(=O)O)[C@]3(C)[C@@H]1C(=O)C2. The molecule has 0 radical (unpaired) electrons. The molecule has 4 aliphatic carbocycles. The van der Waals surface area contributed by atoms with Gasteiger partial charge in [-0.25, -0.2) is 0 Å². The van der Waals surface area contributed by atoms with Crippen LogP contribution in [-0.4, -0.2) is 22.6 Å². The molecule has 7 atom stereocenters. The number of carboxylic acids is 1. The Kier molecular flexibility index (Phi) is 3.50. The van der Waals surface area contributed by atoms with Crippen LogP contribution in [0, 0.1) is 40.4 Å². The summed E-state index contributed by atoms with van der Waals surface area (Å²) in [5.41, 5.74) is -0.408. The molecule has 2 unspecified atom stereocenters. The van der Waals surface area contributed by atoms with Gasteiger partial charge in [0.15, 0.2) is 0 Å². The van der Waals surface area contributed by atoms with E-state index in [0.29, 0.717) is 24.7 Å². The zero-order valence-corrected chi connectivity index (χ0v) is 14.7. The summed E-state index contributed by atoms with van der Waals surface area (Å²) in [6, 6.07) is 0. The number of carbonyl (C=O) groups is 3. The molecule has 4 heteroatoms. The first kappa shape index (κ1) is 16.3. The highest BCUT2D eigenvalue weighted by molar-refractivity contribution is 5.89. The fourth-order valence-corrected chi connectivity index (χ4v) is 7.31. The van der Waals surface area contributed by atoms with Gasteiger partial charge in [-0.2, -0.15) is 0 Å². The summed E-state index contributed by atoms with van der Waals surface area (Å²) in [7, 11) is 0. The van der Waals surface area contributed by atoms with Crippen molar-refractivity contribution in [1.29, 1.82) is 0 Å². The Bertz CT molecular complexity index is 611. The lowest BCUT2D eigenvalue weighted by atomic mass is 9.42. The van der Waals surface area contributed by atoms with E-state index in [1.54, 1.807) is 0 Å². The molecule has 132 valence electrons. The van der Waals surface area contributed by atoms with Gasteiger partial charge >= 0.3 is 5.97 Å². The summed E-state index contributed by atoms with van der Waals surface area (Å²) in [6.07, 6.45) is 6.61. The number of aliphatic carboxylic acids is 1. The lowest BCUT2D eigenvalue weighted by molar-refractivity contribution is -0.178. The lowest BCUT2D eigenvalue weighted by Gasteiger charge is -2.60. The molecule has 0 aromatic heterocycles. The minimum Gasteiger partial charge on any atom is -0.481 e. The van der Waals surface area contributed by atoms with E-state index in [9.17, 15) is 19.5 Å². The largest absolute Gasteiger partial charge is 0.481 e. The van der Waals surface area contributed by atoms with E-state index in [2.05, 4.69) is 6.92 Å². The van der Waals surface area contributed by atoms with Gasteiger partial charge in [-0.15, -0.1) is 0 Å². The molecule has 0 aromatic rings. The Morgan fingerprint density at radius 2 is 1.88 bits per heavy atom. The molecular formula is C20H28O4. The third kappa shape index (κ3) is 2.01. The summed E-state index contributed by atoms with van der Waals surface area (Å²) in [6.45, 7) is 4.29. The van der Waals surface area contributed by atoms with Gasteiger partial charge in [-0.3, -0.25) is 14.4 Å². The number of Topliss-reactive ketones (excluding diaryl/α,β-unsaturated/α-hetero) is 2. The highest BCUT2D eigenvalue weighted by Gasteiger charge is 2.64. The lowest BCUT2D eigenvalue weighted by Crippen LogP contribution is -2.60. The molecule has 24 heavy (non-hydrogen) atoms. The van der Waals surface area contributed by atoms with Crippen LogP contribution in [0.5, 0.6) is 0 Å². The van der Waals surface area contributed by atoms with Crippen molar-refractivity contribution in [1.82, 2.24) is 0 Å². The van der Waals surface area contributed by atoms with E-state index in [0.717, 1.165) is 19.3 Å². The summed E-state index contributed by atoms with van der Waals surface area (Å²) in [5.74, 6) is -0.418. The monoisotopic (exact) mass is 332 g/mol. The summed E-state index contributed by atoms with van der Waals surface area (Å²) in [5, 5.41) is 9.81. The smallest absolute Gasteiger partial charge is 0.307 e. The van der Waals surface area contributed by atoms with Crippen LogP contribution in [0.1, 0.15) is 65.2 Å². The van der Waals surface area contributed by atoms with Crippen molar-refractivity contribution < 1.29 is 19.5 Å². The molecule has 0 spiro atoms. The van der Waals surface area contributed by atoms with Crippen molar-refractivity contribution in [2.75, 3.05) is 0 Å². The van der Waals surface area contributed by atoms with E-state index in [4.69, 9.17) is 0 Å². The fraction of sp³-hybridized carbons (Fsp3) is 0.850. The van der Waals surface area contributed by atoms with Crippen LogP contribution in [0.15, 0.2) is 0 Å². The Labute approximate surface area is 143 Å². The van der Waals surface area contributed by atoms with Gasteiger partial charge in [-0.05, 0) is 54.3 Å². The number of carbonyl (C=O) groups excluding carboxylic acids is 2. The Morgan fingerprint density at radius 3 is 2.58 bits per heavy atom. The summed E-state index contributed by atoms with van der Waals surface area (Å²) in [4.78, 5) is 37.3. The van der Waals surface area contributed by atoms with E-state index < -0.39 is 17.3 Å². The van der Waals surface area contributed by atoms with Crippen LogP contribution in [0.2, 0.25) is 0 Å². The van der Waals surface area contributed by atoms with Gasteiger partial charge in [0.05, 0.1) is 5.92 Å². The highest BCUT2D eigenvalue weighted by atomic mass is 16.4. The number of hydrogen-bond donors (Lipinski definition) is 1. The predicted octanol–water partition coefficient (Wildman–Crippen LogP) is 3.48. The highest BCUT2D eigenvalue weighted by Crippen LogP contribution is 2.66. The molecule has 0 aromatic carbocycles. The molecule has 4 rings (SSSR count). The second-order valence-corrected chi connectivity index (χ2v) is 9.42. The molecule has 4 nitrogen and oxygen atoms in total. The first-order valence-corrected chi connectivity index (χ1v) is 9.54. The maximum atomic E-state index is 13.2. The van der Waals surface area contributed by atoms with Crippen LogP contribution < -0.4 is 0 Å². The minimum atomic E-state index is -0.885. The van der Waals surface area contributed by atoms with Crippen LogP contribution in [0.4, 0.5) is 0 Å². The molecule has 0 saturated heterocycles. The number of rotatable bonds is 1. The maximum Gasteiger partial charge on any atom is 0.307 e. The number of ketones is 2. The van der Waals surface area contributed by atoms with Crippen LogP contribution in [0.25, 0.3) is 0 Å². The van der Waals surface area contributed by atoms with E-state index in [1.807, 2.05) is 6.92 Å². The molecule has 4 fully saturated rings. The maximum absolute atomic E-state index is 13.2. The van der Waals surface area contributed by atoms with Gasteiger partial charge in [0.1, 0.15) is 11.6 Å². The molecule has 0 aliphatic heterocycles. The summed E-state index contributed by atoms with van der Waals surface area (Å²) >= 11 is 0. The van der Waals surface area contributed by atoms with Crippen molar-refractivity contribution in [3.63, 3.8) is 0 Å². The summed E-state index contributed by atoms with van der Waals surface area (Å²) < 4.78 is 0. The van der Waals surface area contributed by atoms with Crippen LogP contribution in [0.3, 0.4) is 0 Å². The minimum absolute atomic E-state index is 0.0656. The van der Waals surface area contributed by atoms with Crippen molar-refractivity contribution >= 4 is 17.5 Å². The van der Waals surface area contributed by atoms with Gasteiger partial charge in [-0.1, -0.05) is 20.3 Å². The number of fused-ring (bicyclic) bond motifs is 5. The standard InChI is InChI=1S/C20H28O4/c1-19-7-3-4-14(19)13-6-5-11-8-12(21)9-15(18(23)24)20(11,2)17(13)16(22)10-19/h11,13-15,17H,3-10H2,1-2H3,(H,23,24)/t11?,13-,14-,15?,17-,19-,20+/m0/s1. The average Bonchev–Trinajstić information content (AvgIpc) is 2.87. The molecule has 4 saturated carbocycles. The van der Waals surface area contributed by atoms with Crippen molar-refractivity contribution in [2.24, 2.45) is 40.4 Å². The fourth-order valence-electron chi connectivity index (χ4n) is 7.31. The number of carboxylic acid groups (broad SMARTS) is 1. The average molecular weight is 332 g/mol. The first-order valence-electron chi connectivity index (χ1n) is 9.54.